The van der Waals surface area contributed by atoms with Crippen molar-refractivity contribution in [3.05, 3.63) is 69.8 Å². The molecule has 0 saturated heterocycles. The molecule has 7 nitrogen and oxygen atoms in total. The van der Waals surface area contributed by atoms with Gasteiger partial charge in [-0.1, -0.05) is 26.0 Å². The van der Waals surface area contributed by atoms with Gasteiger partial charge in [0.25, 0.3) is 5.56 Å². The minimum atomic E-state index is -5.07. The van der Waals surface area contributed by atoms with E-state index in [4.69, 9.17) is 4.74 Å². The molecule has 1 N–H and O–H groups in total. The van der Waals surface area contributed by atoms with Crippen LogP contribution < -0.4 is 10.9 Å². The van der Waals surface area contributed by atoms with Crippen LogP contribution in [0.1, 0.15) is 50.2 Å². The van der Waals surface area contributed by atoms with Crippen LogP contribution in [0.25, 0.3) is 10.9 Å². The molecule has 2 aromatic carbocycles. The van der Waals surface area contributed by atoms with Crippen molar-refractivity contribution in [3.63, 3.8) is 0 Å². The molecule has 2 amide bonds. The summed E-state index contributed by atoms with van der Waals surface area (Å²) >= 11 is 0. The minimum absolute atomic E-state index is 0.0116. The highest BCUT2D eigenvalue weighted by Gasteiger charge is 2.37. The number of carbonyl (C=O) groups excluding carboxylic acids is 1. The molecule has 1 atom stereocenters. The first-order valence-corrected chi connectivity index (χ1v) is 12.5. The molecule has 1 aromatic heterocycles. The Labute approximate surface area is 226 Å². The second-order valence-electron chi connectivity index (χ2n) is 9.71. The van der Waals surface area contributed by atoms with Gasteiger partial charge in [0.2, 0.25) is 0 Å². The minimum Gasteiger partial charge on any atom is -0.383 e. The van der Waals surface area contributed by atoms with Crippen LogP contribution in [-0.4, -0.2) is 40.7 Å². The average molecular weight is 573 g/mol. The van der Waals surface area contributed by atoms with Gasteiger partial charge in [-0.3, -0.25) is 9.36 Å². The number of alkyl halides is 6. The second kappa shape index (κ2) is 12.3. The van der Waals surface area contributed by atoms with E-state index in [1.807, 2.05) is 13.8 Å². The fraction of sp³-hybridized carbons (Fsp3) is 0.444. The molecule has 0 fully saturated rings. The maximum atomic E-state index is 13.4. The lowest BCUT2D eigenvalue weighted by atomic mass is 10.1. The van der Waals surface area contributed by atoms with Crippen LogP contribution in [0, 0.1) is 5.92 Å². The Morgan fingerprint density at radius 1 is 1.02 bits per heavy atom. The molecule has 3 aromatic rings. The number of carbonyl (C=O) groups is 1. The molecule has 0 bridgehead atoms. The number of fused-ring (bicyclic) bond motifs is 1. The lowest BCUT2D eigenvalue weighted by molar-refractivity contribution is -0.143. The maximum absolute atomic E-state index is 13.4. The number of halogens is 6. The lowest BCUT2D eigenvalue weighted by Crippen LogP contribution is -2.41. The molecule has 1 unspecified atom stereocenters. The zero-order chi connectivity index (χ0) is 29.8. The van der Waals surface area contributed by atoms with Crippen LogP contribution in [0.15, 0.2) is 47.3 Å². The Morgan fingerprint density at radius 3 is 2.17 bits per heavy atom. The molecule has 0 aliphatic heterocycles. The van der Waals surface area contributed by atoms with Gasteiger partial charge in [-0.15, -0.1) is 0 Å². The number of nitrogens with zero attached hydrogens (tertiary/aromatic N) is 3. The molecule has 1 heterocycles. The molecule has 40 heavy (non-hydrogen) atoms. The fourth-order valence-corrected chi connectivity index (χ4v) is 4.13. The summed E-state index contributed by atoms with van der Waals surface area (Å²) in [4.78, 5) is 32.6. The quantitative estimate of drug-likeness (QED) is 0.289. The van der Waals surface area contributed by atoms with E-state index in [1.54, 1.807) is 31.2 Å². The number of urea groups is 1. The summed E-state index contributed by atoms with van der Waals surface area (Å²) in [6.45, 7) is 5.73. The van der Waals surface area contributed by atoms with Crippen LogP contribution in [0.4, 0.5) is 36.8 Å². The number of para-hydroxylation sites is 1. The van der Waals surface area contributed by atoms with Gasteiger partial charge in [-0.2, -0.15) is 26.3 Å². The largest absolute Gasteiger partial charge is 0.416 e. The molecule has 0 radical (unpaired) electrons. The van der Waals surface area contributed by atoms with Gasteiger partial charge in [0, 0.05) is 19.3 Å². The molecule has 0 spiro atoms. The summed E-state index contributed by atoms with van der Waals surface area (Å²) in [6, 6.07) is 5.66. The molecule has 3 rings (SSSR count). The first-order chi connectivity index (χ1) is 18.6. The van der Waals surface area contributed by atoms with E-state index >= 15 is 0 Å². The summed E-state index contributed by atoms with van der Waals surface area (Å²) in [5, 5.41) is 2.55. The van der Waals surface area contributed by atoms with Crippen LogP contribution in [0.5, 0.6) is 0 Å². The highest BCUT2D eigenvalue weighted by atomic mass is 19.4. The van der Waals surface area contributed by atoms with Crippen molar-refractivity contribution in [2.75, 3.05) is 25.6 Å². The van der Waals surface area contributed by atoms with Crippen LogP contribution in [0.3, 0.4) is 0 Å². The molecular weight excluding hydrogens is 542 g/mol. The number of aromatic nitrogens is 2. The number of rotatable bonds is 9. The topological polar surface area (TPSA) is 76.5 Å². The van der Waals surface area contributed by atoms with Gasteiger partial charge in [0.15, 0.2) is 0 Å². The van der Waals surface area contributed by atoms with Gasteiger partial charge in [0.1, 0.15) is 5.82 Å². The maximum Gasteiger partial charge on any atom is 0.416 e. The average Bonchev–Trinajstić information content (AvgIpc) is 2.86. The van der Waals surface area contributed by atoms with E-state index < -0.39 is 41.2 Å². The van der Waals surface area contributed by atoms with E-state index in [2.05, 4.69) is 10.3 Å². The number of ether oxygens (including phenoxy) is 1. The van der Waals surface area contributed by atoms with Crippen molar-refractivity contribution in [3.8, 4) is 0 Å². The van der Waals surface area contributed by atoms with Crippen LogP contribution in [0.2, 0.25) is 0 Å². The standard InChI is InChI=1S/C27H30F6N4O3/c1-16(2)9-10-36(25(39)34-20-14-18(26(28,29)30)13-19(15-20)27(31,32)33)17(3)23-35-22-8-6-5-7-21(22)24(38)37(23)11-12-40-4/h5-8,13-17H,9-12H2,1-4H3,(H,34,39). The third kappa shape index (κ3) is 7.32. The Bertz CT molecular complexity index is 1370. The van der Waals surface area contributed by atoms with Crippen molar-refractivity contribution >= 4 is 22.6 Å². The van der Waals surface area contributed by atoms with Gasteiger partial charge in [0.05, 0.1) is 41.2 Å². The van der Waals surface area contributed by atoms with E-state index in [1.165, 1.54) is 16.6 Å². The first-order valence-electron chi connectivity index (χ1n) is 12.5. The summed E-state index contributed by atoms with van der Waals surface area (Å²) in [5.41, 5.74) is -3.77. The summed E-state index contributed by atoms with van der Waals surface area (Å²) in [6.07, 6.45) is -9.68. The Morgan fingerprint density at radius 2 is 1.62 bits per heavy atom. The number of hydrogen-bond acceptors (Lipinski definition) is 4. The highest BCUT2D eigenvalue weighted by molar-refractivity contribution is 5.90. The van der Waals surface area contributed by atoms with Crippen LogP contribution in [-0.2, 0) is 23.6 Å². The number of methoxy groups -OCH3 is 1. The smallest absolute Gasteiger partial charge is 0.383 e. The van der Waals surface area contributed by atoms with E-state index in [-0.39, 0.29) is 43.1 Å². The number of hydrogen-bond donors (Lipinski definition) is 1. The summed E-state index contributed by atoms with van der Waals surface area (Å²) < 4.78 is 86.7. The van der Waals surface area contributed by atoms with Gasteiger partial charge < -0.3 is 15.0 Å². The summed E-state index contributed by atoms with van der Waals surface area (Å²) in [7, 11) is 1.45. The fourth-order valence-electron chi connectivity index (χ4n) is 4.13. The number of benzene rings is 2. The predicted octanol–water partition coefficient (Wildman–Crippen LogP) is 6.72. The first kappa shape index (κ1) is 30.9. The normalized spacial score (nSPS) is 13.1. The van der Waals surface area contributed by atoms with E-state index in [9.17, 15) is 35.9 Å². The Hall–Kier alpha value is -3.61. The number of amides is 2. The van der Waals surface area contributed by atoms with Gasteiger partial charge in [-0.25, -0.2) is 9.78 Å². The Kier molecular flexibility index (Phi) is 9.49. The van der Waals surface area contributed by atoms with Crippen molar-refractivity contribution in [1.82, 2.24) is 14.5 Å². The summed E-state index contributed by atoms with van der Waals surface area (Å²) in [5.74, 6) is 0.299. The molecule has 0 aliphatic carbocycles. The van der Waals surface area contributed by atoms with Crippen molar-refractivity contribution in [2.45, 2.75) is 52.1 Å². The predicted molar refractivity (Wildman–Crippen MR) is 138 cm³/mol. The van der Waals surface area contributed by atoms with E-state index in [0.717, 1.165) is 0 Å². The number of anilines is 1. The third-order valence-electron chi connectivity index (χ3n) is 6.30. The molecule has 218 valence electrons. The van der Waals surface area contributed by atoms with Crippen molar-refractivity contribution < 1.29 is 35.9 Å². The molecule has 0 aliphatic rings. The monoisotopic (exact) mass is 572 g/mol. The van der Waals surface area contributed by atoms with Crippen molar-refractivity contribution in [1.29, 1.82) is 0 Å². The SMILES string of the molecule is COCCn1c(C(C)N(CCC(C)C)C(=O)Nc2cc(C(F)(F)F)cc(C(F)(F)F)c2)nc2ccccc2c1=O. The van der Waals surface area contributed by atoms with Crippen molar-refractivity contribution in [2.24, 2.45) is 5.92 Å². The van der Waals surface area contributed by atoms with Gasteiger partial charge >= 0.3 is 18.4 Å². The highest BCUT2D eigenvalue weighted by Crippen LogP contribution is 2.37. The number of nitrogens with one attached hydrogen (secondary N) is 1. The van der Waals surface area contributed by atoms with E-state index in [0.29, 0.717) is 29.5 Å². The lowest BCUT2D eigenvalue weighted by Gasteiger charge is -2.31. The van der Waals surface area contributed by atoms with Gasteiger partial charge in [-0.05, 0) is 49.6 Å². The zero-order valence-corrected chi connectivity index (χ0v) is 22.4. The molecule has 0 saturated carbocycles. The van der Waals surface area contributed by atoms with Crippen LogP contribution >= 0.6 is 0 Å². The Balaban J connectivity index is 2.08. The molecule has 13 heteroatoms. The molecular formula is C27H30F6N4O3. The third-order valence-corrected chi connectivity index (χ3v) is 6.30. The zero-order valence-electron chi connectivity index (χ0n) is 22.4. The second-order valence-corrected chi connectivity index (χ2v) is 9.71.